The van der Waals surface area contributed by atoms with Gasteiger partial charge in [-0.2, -0.15) is 13.2 Å². The van der Waals surface area contributed by atoms with Crippen LogP contribution in [0.5, 0.6) is 0 Å². The van der Waals surface area contributed by atoms with Crippen LogP contribution in [0.15, 0.2) is 5.11 Å². The van der Waals surface area contributed by atoms with Crippen LogP contribution in [0.2, 0.25) is 0 Å². The first-order chi connectivity index (χ1) is 7.95. The van der Waals surface area contributed by atoms with Gasteiger partial charge < -0.3 is 4.74 Å². The number of azide groups is 1. The second-order valence-electron chi connectivity index (χ2n) is 3.91. The Hall–Kier alpha value is -0.980. The number of hydrogen-bond donors (Lipinski definition) is 0. The third-order valence-corrected chi connectivity index (χ3v) is 2.83. The summed E-state index contributed by atoms with van der Waals surface area (Å²) in [5, 5.41) is 3.31. The van der Waals surface area contributed by atoms with Crippen molar-refractivity contribution in [1.29, 1.82) is 0 Å². The zero-order valence-corrected chi connectivity index (χ0v) is 9.57. The van der Waals surface area contributed by atoms with Crippen LogP contribution < -0.4 is 0 Å². The summed E-state index contributed by atoms with van der Waals surface area (Å²) >= 11 is 0. The molecule has 0 aromatic rings. The first kappa shape index (κ1) is 14.1. The fourth-order valence-corrected chi connectivity index (χ4v) is 1.99. The third-order valence-electron chi connectivity index (χ3n) is 2.83. The molecular formula is C9H15F3N4O. The number of rotatable bonds is 5. The Morgan fingerprint density at radius 2 is 2.24 bits per heavy atom. The van der Waals surface area contributed by atoms with Crippen LogP contribution >= 0.6 is 0 Å². The van der Waals surface area contributed by atoms with Crippen LogP contribution in [0.1, 0.15) is 13.3 Å². The van der Waals surface area contributed by atoms with Crippen molar-refractivity contribution in [2.45, 2.75) is 25.1 Å². The number of halogens is 3. The summed E-state index contributed by atoms with van der Waals surface area (Å²) in [6.07, 6.45) is -4.43. The monoisotopic (exact) mass is 252 g/mol. The smallest absolute Gasteiger partial charge is 0.364 e. The minimum atomic E-state index is -4.36. The van der Waals surface area contributed by atoms with Crippen LogP contribution in [0.4, 0.5) is 13.2 Å². The lowest BCUT2D eigenvalue weighted by Crippen LogP contribution is -2.50. The van der Waals surface area contributed by atoms with E-state index >= 15 is 0 Å². The van der Waals surface area contributed by atoms with Crippen molar-refractivity contribution in [3.8, 4) is 0 Å². The molecule has 1 saturated heterocycles. The van der Waals surface area contributed by atoms with Crippen molar-refractivity contribution < 1.29 is 17.9 Å². The van der Waals surface area contributed by atoms with E-state index in [-0.39, 0.29) is 26.1 Å². The van der Waals surface area contributed by atoms with E-state index in [1.54, 1.807) is 11.8 Å². The molecule has 1 atom stereocenters. The summed E-state index contributed by atoms with van der Waals surface area (Å²) in [5.41, 5.74) is 6.03. The molecule has 0 bridgehead atoms. The Morgan fingerprint density at radius 3 is 2.76 bits per heavy atom. The molecule has 1 fully saturated rings. The van der Waals surface area contributed by atoms with Gasteiger partial charge in [-0.25, -0.2) is 0 Å². The van der Waals surface area contributed by atoms with Gasteiger partial charge in [0.25, 0.3) is 0 Å². The van der Waals surface area contributed by atoms with Gasteiger partial charge in [-0.3, -0.25) is 4.90 Å². The van der Waals surface area contributed by atoms with Crippen molar-refractivity contribution in [3.05, 3.63) is 10.4 Å². The summed E-state index contributed by atoms with van der Waals surface area (Å²) in [5.74, 6) is 0. The van der Waals surface area contributed by atoms with E-state index in [0.717, 1.165) is 0 Å². The van der Waals surface area contributed by atoms with E-state index in [0.29, 0.717) is 13.1 Å². The van der Waals surface area contributed by atoms with Gasteiger partial charge in [-0.05, 0) is 18.9 Å². The number of hydrogen-bond acceptors (Lipinski definition) is 3. The second kappa shape index (κ2) is 5.57. The van der Waals surface area contributed by atoms with Gasteiger partial charge in [0, 0.05) is 37.7 Å². The highest BCUT2D eigenvalue weighted by molar-refractivity contribution is 4.97. The minimum absolute atomic E-state index is 0.0314. The van der Waals surface area contributed by atoms with Crippen molar-refractivity contribution in [1.82, 2.24) is 4.90 Å². The zero-order chi connectivity index (χ0) is 12.9. The van der Waals surface area contributed by atoms with Crippen LogP contribution in [0.3, 0.4) is 0 Å². The number of likely N-dealkylation sites (tertiary alicyclic amines) is 1. The predicted octanol–water partition coefficient (Wildman–Crippen LogP) is 2.34. The quantitative estimate of drug-likeness (QED) is 0.428. The van der Waals surface area contributed by atoms with E-state index in [9.17, 15) is 13.2 Å². The lowest BCUT2D eigenvalue weighted by molar-refractivity contribution is -0.270. The minimum Gasteiger partial charge on any atom is -0.364 e. The molecular weight excluding hydrogens is 237 g/mol. The maximum absolute atomic E-state index is 12.9. The zero-order valence-electron chi connectivity index (χ0n) is 9.57. The Balaban J connectivity index is 2.62. The van der Waals surface area contributed by atoms with Gasteiger partial charge >= 0.3 is 6.18 Å². The summed E-state index contributed by atoms with van der Waals surface area (Å²) in [6, 6.07) is 0. The molecule has 1 rings (SSSR count). The number of ether oxygens (including phenoxy) is 1. The Kier molecular flexibility index (Phi) is 4.62. The highest BCUT2D eigenvalue weighted by Gasteiger charge is 2.58. The van der Waals surface area contributed by atoms with Gasteiger partial charge in [-0.15, -0.1) is 0 Å². The molecule has 0 aromatic carbocycles. The molecule has 0 amide bonds. The fourth-order valence-electron chi connectivity index (χ4n) is 1.99. The number of alkyl halides is 3. The Bertz CT molecular complexity index is 303. The highest BCUT2D eigenvalue weighted by Crippen LogP contribution is 2.40. The first-order valence-corrected chi connectivity index (χ1v) is 5.39. The molecule has 1 aliphatic rings. The number of nitrogens with zero attached hydrogens (tertiary/aromatic N) is 4. The lowest BCUT2D eigenvalue weighted by atomic mass is 10.0. The van der Waals surface area contributed by atoms with Gasteiger partial charge in [-0.1, -0.05) is 5.11 Å². The van der Waals surface area contributed by atoms with E-state index in [1.807, 2.05) is 0 Å². The summed E-state index contributed by atoms with van der Waals surface area (Å²) in [6.45, 7) is 2.21. The molecule has 98 valence electrons. The molecule has 0 radical (unpaired) electrons. The fraction of sp³-hybridized carbons (Fsp3) is 1.00. The van der Waals surface area contributed by atoms with E-state index in [2.05, 4.69) is 10.0 Å². The van der Waals surface area contributed by atoms with Gasteiger partial charge in [0.05, 0.1) is 0 Å². The highest BCUT2D eigenvalue weighted by atomic mass is 19.4. The van der Waals surface area contributed by atoms with Gasteiger partial charge in [0.15, 0.2) is 5.60 Å². The molecule has 0 unspecified atom stereocenters. The SMILES string of the molecule is CCO[C@@]1(C(F)(F)F)CCN(CCN=[N+]=[N-])C1. The maximum atomic E-state index is 12.9. The van der Waals surface area contributed by atoms with Crippen LogP contribution in [-0.4, -0.2) is 49.5 Å². The van der Waals surface area contributed by atoms with E-state index in [1.165, 1.54) is 0 Å². The summed E-state index contributed by atoms with van der Waals surface area (Å²) < 4.78 is 43.7. The molecule has 1 aliphatic heterocycles. The second-order valence-corrected chi connectivity index (χ2v) is 3.91. The van der Waals surface area contributed by atoms with Crippen molar-refractivity contribution >= 4 is 0 Å². The average molecular weight is 252 g/mol. The molecule has 8 heteroatoms. The summed E-state index contributed by atoms with van der Waals surface area (Å²) in [7, 11) is 0. The van der Waals surface area contributed by atoms with E-state index in [4.69, 9.17) is 10.3 Å². The molecule has 0 spiro atoms. The predicted molar refractivity (Wildman–Crippen MR) is 55.5 cm³/mol. The molecule has 0 saturated carbocycles. The van der Waals surface area contributed by atoms with Crippen LogP contribution in [-0.2, 0) is 4.74 Å². The normalized spacial score (nSPS) is 25.9. The Morgan fingerprint density at radius 1 is 1.53 bits per heavy atom. The van der Waals surface area contributed by atoms with Gasteiger partial charge in [0.2, 0.25) is 0 Å². The molecule has 0 aromatic heterocycles. The van der Waals surface area contributed by atoms with Crippen LogP contribution in [0, 0.1) is 0 Å². The average Bonchev–Trinajstić information content (AvgIpc) is 2.63. The largest absolute Gasteiger partial charge is 0.418 e. The maximum Gasteiger partial charge on any atom is 0.418 e. The van der Waals surface area contributed by atoms with Gasteiger partial charge in [0.1, 0.15) is 0 Å². The molecule has 5 nitrogen and oxygen atoms in total. The van der Waals surface area contributed by atoms with Crippen molar-refractivity contribution in [2.24, 2.45) is 5.11 Å². The molecule has 1 heterocycles. The van der Waals surface area contributed by atoms with E-state index < -0.39 is 11.8 Å². The van der Waals surface area contributed by atoms with Crippen LogP contribution in [0.25, 0.3) is 10.4 Å². The standard InChI is InChI=1S/C9H15F3N4O/c1-2-17-8(9(10,11)12)3-5-16(7-8)6-4-14-15-13/h2-7H2,1H3/t8-/m0/s1. The lowest BCUT2D eigenvalue weighted by Gasteiger charge is -2.31. The third kappa shape index (κ3) is 3.24. The topological polar surface area (TPSA) is 61.2 Å². The summed E-state index contributed by atoms with van der Waals surface area (Å²) in [4.78, 5) is 4.17. The first-order valence-electron chi connectivity index (χ1n) is 5.39. The Labute approximate surface area is 97.2 Å². The molecule has 0 aliphatic carbocycles. The molecule has 17 heavy (non-hydrogen) atoms. The van der Waals surface area contributed by atoms with Crippen molar-refractivity contribution in [3.63, 3.8) is 0 Å². The van der Waals surface area contributed by atoms with Crippen molar-refractivity contribution in [2.75, 3.05) is 32.8 Å². The molecule has 0 N–H and O–H groups in total.